The van der Waals surface area contributed by atoms with Crippen LogP contribution in [0.5, 0.6) is 0 Å². The predicted octanol–water partition coefficient (Wildman–Crippen LogP) is 3.53. The van der Waals surface area contributed by atoms with Gasteiger partial charge in [0.25, 0.3) is 5.91 Å². The number of carbonyl (C=O) groups is 1. The summed E-state index contributed by atoms with van der Waals surface area (Å²) in [6, 6.07) is 22.5. The number of hydrogen-bond acceptors (Lipinski definition) is 4. The molecule has 2 aromatic carbocycles. The summed E-state index contributed by atoms with van der Waals surface area (Å²) < 4.78 is 2.03. The number of hydrogen-bond donors (Lipinski definition) is 1. The molecule has 1 amide bonds. The van der Waals surface area contributed by atoms with Crippen LogP contribution in [0, 0.1) is 0 Å². The van der Waals surface area contributed by atoms with E-state index in [1.54, 1.807) is 7.05 Å². The number of piperazine rings is 1. The Hall–Kier alpha value is -2.96. The largest absolute Gasteiger partial charge is 0.354 e. The number of amides is 1. The molecule has 0 saturated carbocycles. The second-order valence-electron chi connectivity index (χ2n) is 9.36. The van der Waals surface area contributed by atoms with Crippen LogP contribution >= 0.6 is 0 Å². The monoisotopic (exact) mass is 457 g/mol. The van der Waals surface area contributed by atoms with E-state index in [0.29, 0.717) is 11.7 Å². The molecule has 6 heteroatoms. The van der Waals surface area contributed by atoms with Crippen molar-refractivity contribution in [2.45, 2.75) is 44.8 Å². The first-order valence-corrected chi connectivity index (χ1v) is 12.6. The maximum Gasteiger partial charge on any atom is 0.271 e. The van der Waals surface area contributed by atoms with Gasteiger partial charge in [-0.05, 0) is 37.3 Å². The summed E-state index contributed by atoms with van der Waals surface area (Å²) in [4.78, 5) is 17.7. The van der Waals surface area contributed by atoms with Crippen molar-refractivity contribution in [2.24, 2.45) is 0 Å². The Balaban J connectivity index is 1.31. The molecule has 1 aliphatic carbocycles. The molecule has 3 aromatic rings. The molecule has 1 aromatic heterocycles. The Morgan fingerprint density at radius 3 is 2.18 bits per heavy atom. The Morgan fingerprint density at radius 1 is 1.00 bits per heavy atom. The van der Waals surface area contributed by atoms with Gasteiger partial charge >= 0.3 is 0 Å². The molecule has 0 spiro atoms. The maximum absolute atomic E-state index is 12.5. The van der Waals surface area contributed by atoms with Crippen LogP contribution < -0.4 is 5.32 Å². The van der Waals surface area contributed by atoms with Crippen LogP contribution in [0.2, 0.25) is 0 Å². The quantitative estimate of drug-likeness (QED) is 0.615. The highest BCUT2D eigenvalue weighted by Crippen LogP contribution is 2.32. The minimum atomic E-state index is -0.0671. The summed E-state index contributed by atoms with van der Waals surface area (Å²) in [5, 5.41) is 7.42. The molecule has 2 aliphatic rings. The molecule has 1 aliphatic heterocycles. The lowest BCUT2D eigenvalue weighted by atomic mass is 9.89. The van der Waals surface area contributed by atoms with Gasteiger partial charge in [-0.1, -0.05) is 60.7 Å². The second kappa shape index (κ2) is 10.1. The number of rotatable bonds is 6. The van der Waals surface area contributed by atoms with Crippen LogP contribution in [0.15, 0.2) is 60.7 Å². The summed E-state index contributed by atoms with van der Waals surface area (Å²) in [6.07, 6.45) is 3.04. The third-order valence-corrected chi connectivity index (χ3v) is 7.52. The van der Waals surface area contributed by atoms with Gasteiger partial charge in [0.05, 0.1) is 6.04 Å². The topological polar surface area (TPSA) is 53.4 Å². The Labute approximate surface area is 202 Å². The standard InChI is InChI=1S/C28H35N5O/c1-3-33-25-15-14-23(20-24(25)26(30-33)28(34)29-2)31-16-18-32(19-17-31)27(21-10-6-4-7-11-21)22-12-8-5-9-13-22/h4-13,23,27H,3,14-20H2,1-2H3,(H,29,34). The number of aromatic nitrogens is 2. The molecule has 0 bridgehead atoms. The summed E-state index contributed by atoms with van der Waals surface area (Å²) in [6.45, 7) is 7.08. The van der Waals surface area contributed by atoms with Gasteiger partial charge in [-0.2, -0.15) is 5.10 Å². The fourth-order valence-corrected chi connectivity index (χ4v) is 5.79. The minimum Gasteiger partial charge on any atom is -0.354 e. The minimum absolute atomic E-state index is 0.0671. The predicted molar refractivity (Wildman–Crippen MR) is 135 cm³/mol. The molecule has 1 fully saturated rings. The number of aryl methyl sites for hydroxylation is 1. The highest BCUT2D eigenvalue weighted by Gasteiger charge is 2.34. The summed E-state index contributed by atoms with van der Waals surface area (Å²) in [5.41, 5.74) is 5.74. The molecule has 5 rings (SSSR count). The van der Waals surface area contributed by atoms with Gasteiger partial charge in [-0.25, -0.2) is 0 Å². The first kappa shape index (κ1) is 22.8. The molecule has 2 heterocycles. The zero-order valence-corrected chi connectivity index (χ0v) is 20.3. The number of fused-ring (bicyclic) bond motifs is 1. The number of nitrogens with one attached hydrogen (secondary N) is 1. The Morgan fingerprint density at radius 2 is 1.62 bits per heavy atom. The fourth-order valence-electron chi connectivity index (χ4n) is 5.79. The van der Waals surface area contributed by atoms with Gasteiger partial charge in [0, 0.05) is 57.1 Å². The van der Waals surface area contributed by atoms with Crippen molar-refractivity contribution in [2.75, 3.05) is 33.2 Å². The van der Waals surface area contributed by atoms with E-state index in [9.17, 15) is 4.79 Å². The lowest BCUT2D eigenvalue weighted by Crippen LogP contribution is -2.52. The number of nitrogens with zero attached hydrogens (tertiary/aromatic N) is 4. The molecule has 1 saturated heterocycles. The van der Waals surface area contributed by atoms with E-state index >= 15 is 0 Å². The molecular weight excluding hydrogens is 422 g/mol. The van der Waals surface area contributed by atoms with Crippen molar-refractivity contribution in [1.29, 1.82) is 0 Å². The van der Waals surface area contributed by atoms with E-state index in [1.807, 2.05) is 4.68 Å². The van der Waals surface area contributed by atoms with Gasteiger partial charge < -0.3 is 5.32 Å². The zero-order valence-electron chi connectivity index (χ0n) is 20.3. The van der Waals surface area contributed by atoms with Crippen molar-refractivity contribution in [1.82, 2.24) is 24.9 Å². The van der Waals surface area contributed by atoms with Gasteiger partial charge in [0.2, 0.25) is 0 Å². The average molecular weight is 458 g/mol. The third kappa shape index (κ3) is 4.40. The van der Waals surface area contributed by atoms with Crippen molar-refractivity contribution in [3.63, 3.8) is 0 Å². The van der Waals surface area contributed by atoms with E-state index < -0.39 is 0 Å². The van der Waals surface area contributed by atoms with E-state index in [4.69, 9.17) is 0 Å². The van der Waals surface area contributed by atoms with E-state index in [-0.39, 0.29) is 11.9 Å². The molecule has 1 unspecified atom stereocenters. The van der Waals surface area contributed by atoms with Crippen molar-refractivity contribution < 1.29 is 4.79 Å². The average Bonchev–Trinajstić information content (AvgIpc) is 3.28. The highest BCUT2D eigenvalue weighted by atomic mass is 16.1. The van der Waals surface area contributed by atoms with Gasteiger partial charge in [-0.3, -0.25) is 19.3 Å². The van der Waals surface area contributed by atoms with Crippen LogP contribution in [-0.4, -0.2) is 64.8 Å². The van der Waals surface area contributed by atoms with Crippen LogP contribution in [-0.2, 0) is 19.4 Å². The SMILES string of the molecule is CCn1nc(C(=O)NC)c2c1CCC(N1CCN(C(c3ccccc3)c3ccccc3)CC1)C2. The molecule has 1 N–H and O–H groups in total. The summed E-state index contributed by atoms with van der Waals surface area (Å²) in [5.74, 6) is -0.0671. The zero-order chi connectivity index (χ0) is 23.5. The maximum atomic E-state index is 12.5. The molecule has 6 nitrogen and oxygen atoms in total. The van der Waals surface area contributed by atoms with Gasteiger partial charge in [0.1, 0.15) is 0 Å². The molecule has 178 valence electrons. The van der Waals surface area contributed by atoms with Crippen LogP contribution in [0.25, 0.3) is 0 Å². The van der Waals surface area contributed by atoms with Crippen LogP contribution in [0.3, 0.4) is 0 Å². The summed E-state index contributed by atoms with van der Waals surface area (Å²) >= 11 is 0. The third-order valence-electron chi connectivity index (χ3n) is 7.52. The van der Waals surface area contributed by atoms with E-state index in [2.05, 4.69) is 87.8 Å². The second-order valence-corrected chi connectivity index (χ2v) is 9.36. The fraction of sp³-hybridized carbons (Fsp3) is 0.429. The Kier molecular flexibility index (Phi) is 6.79. The van der Waals surface area contributed by atoms with Crippen molar-refractivity contribution in [3.8, 4) is 0 Å². The lowest BCUT2D eigenvalue weighted by molar-refractivity contribution is 0.0730. The number of benzene rings is 2. The van der Waals surface area contributed by atoms with E-state index in [0.717, 1.165) is 57.5 Å². The van der Waals surface area contributed by atoms with E-state index in [1.165, 1.54) is 16.8 Å². The number of carbonyl (C=O) groups excluding carboxylic acids is 1. The van der Waals surface area contributed by atoms with Crippen LogP contribution in [0.1, 0.15) is 52.3 Å². The molecule has 0 radical (unpaired) electrons. The molecule has 1 atom stereocenters. The normalized spacial score (nSPS) is 19.2. The molecular formula is C28H35N5O. The van der Waals surface area contributed by atoms with Crippen molar-refractivity contribution >= 4 is 5.91 Å². The van der Waals surface area contributed by atoms with Crippen LogP contribution in [0.4, 0.5) is 0 Å². The first-order valence-electron chi connectivity index (χ1n) is 12.6. The molecule has 34 heavy (non-hydrogen) atoms. The van der Waals surface area contributed by atoms with Crippen molar-refractivity contribution in [3.05, 3.63) is 88.7 Å². The Bertz CT molecular complexity index is 1060. The summed E-state index contributed by atoms with van der Waals surface area (Å²) in [7, 11) is 1.69. The van der Waals surface area contributed by atoms with Gasteiger partial charge in [-0.15, -0.1) is 0 Å². The first-order chi connectivity index (χ1) is 16.7. The van der Waals surface area contributed by atoms with Gasteiger partial charge in [0.15, 0.2) is 5.69 Å². The smallest absolute Gasteiger partial charge is 0.271 e. The highest BCUT2D eigenvalue weighted by molar-refractivity contribution is 5.93. The lowest BCUT2D eigenvalue weighted by Gasteiger charge is -2.43.